The van der Waals surface area contributed by atoms with Gasteiger partial charge in [-0.1, -0.05) is 0 Å². The monoisotopic (exact) mass is 317 g/mol. The van der Waals surface area contributed by atoms with Crippen LogP contribution >= 0.6 is 0 Å². The molecule has 1 heterocycles. The van der Waals surface area contributed by atoms with Gasteiger partial charge in [0.05, 0.1) is 39.6 Å². The van der Waals surface area contributed by atoms with Gasteiger partial charge in [0.1, 0.15) is 16.4 Å². The zero-order valence-corrected chi connectivity index (χ0v) is 13.0. The molecule has 1 aliphatic rings. The Kier molecular flexibility index (Phi) is 5.04. The molecule has 1 aliphatic heterocycles. The number of hydrogen-bond donors (Lipinski definition) is 1. The molecule has 0 aromatic heterocycles. The number of benzene rings is 1. The predicted octanol–water partition coefficient (Wildman–Crippen LogP) is 0.396. The van der Waals surface area contributed by atoms with Gasteiger partial charge in [0, 0.05) is 13.2 Å². The van der Waals surface area contributed by atoms with Crippen molar-refractivity contribution in [3.63, 3.8) is 0 Å². The third-order valence-electron chi connectivity index (χ3n) is 3.30. The molecule has 0 saturated carbocycles. The molecule has 2 atom stereocenters. The van der Waals surface area contributed by atoms with Gasteiger partial charge in [0.25, 0.3) is 0 Å². The Morgan fingerprint density at radius 2 is 1.95 bits per heavy atom. The van der Waals surface area contributed by atoms with Crippen LogP contribution in [0.25, 0.3) is 0 Å². The topological polar surface area (TPSA) is 83.1 Å². The molecule has 0 aliphatic carbocycles. The van der Waals surface area contributed by atoms with Crippen LogP contribution in [-0.4, -0.2) is 55.1 Å². The minimum Gasteiger partial charge on any atom is -0.497 e. The molecular formula is C13H19NO6S. The van der Waals surface area contributed by atoms with E-state index in [4.69, 9.17) is 18.9 Å². The molecule has 21 heavy (non-hydrogen) atoms. The number of methoxy groups -OCH3 is 3. The Labute approximate surface area is 124 Å². The van der Waals surface area contributed by atoms with Crippen molar-refractivity contribution in [1.29, 1.82) is 0 Å². The van der Waals surface area contributed by atoms with Crippen molar-refractivity contribution in [3.05, 3.63) is 18.2 Å². The van der Waals surface area contributed by atoms with E-state index >= 15 is 0 Å². The van der Waals surface area contributed by atoms with Gasteiger partial charge >= 0.3 is 0 Å². The highest BCUT2D eigenvalue weighted by molar-refractivity contribution is 7.89. The lowest BCUT2D eigenvalue weighted by atomic mass is 10.2. The third-order valence-corrected chi connectivity index (χ3v) is 4.83. The molecule has 8 heteroatoms. The molecular weight excluding hydrogens is 298 g/mol. The molecule has 0 unspecified atom stereocenters. The number of hydrogen-bond acceptors (Lipinski definition) is 6. The zero-order valence-electron chi connectivity index (χ0n) is 12.2. The molecule has 2 rings (SSSR count). The van der Waals surface area contributed by atoms with E-state index in [1.165, 1.54) is 33.5 Å². The maximum atomic E-state index is 12.5. The first kappa shape index (κ1) is 16.0. The van der Waals surface area contributed by atoms with E-state index in [1.807, 2.05) is 0 Å². The Hall–Kier alpha value is -1.35. The normalized spacial score (nSPS) is 22.2. The van der Waals surface area contributed by atoms with Crippen LogP contribution in [-0.2, 0) is 19.5 Å². The first-order valence-corrected chi connectivity index (χ1v) is 7.85. The van der Waals surface area contributed by atoms with Crippen molar-refractivity contribution in [1.82, 2.24) is 4.72 Å². The van der Waals surface area contributed by atoms with Gasteiger partial charge in [0.2, 0.25) is 10.0 Å². The van der Waals surface area contributed by atoms with Crippen LogP contribution in [0.1, 0.15) is 0 Å². The van der Waals surface area contributed by atoms with Crippen molar-refractivity contribution in [2.75, 3.05) is 34.5 Å². The summed E-state index contributed by atoms with van der Waals surface area (Å²) in [5.74, 6) is 0.736. The molecule has 1 saturated heterocycles. The van der Waals surface area contributed by atoms with Crippen molar-refractivity contribution < 1.29 is 27.4 Å². The van der Waals surface area contributed by atoms with Gasteiger partial charge in [0.15, 0.2) is 0 Å². The number of sulfonamides is 1. The van der Waals surface area contributed by atoms with Crippen LogP contribution in [0.5, 0.6) is 11.5 Å². The van der Waals surface area contributed by atoms with Gasteiger partial charge < -0.3 is 18.9 Å². The first-order chi connectivity index (χ1) is 10.0. The van der Waals surface area contributed by atoms with E-state index in [0.29, 0.717) is 12.4 Å². The molecule has 1 N–H and O–H groups in total. The summed E-state index contributed by atoms with van der Waals surface area (Å²) in [7, 11) is 0.685. The summed E-state index contributed by atoms with van der Waals surface area (Å²) >= 11 is 0. The molecule has 0 spiro atoms. The Bertz CT molecular complexity index is 588. The molecule has 118 valence electrons. The second kappa shape index (κ2) is 6.61. The Balaban J connectivity index is 2.27. The third kappa shape index (κ3) is 3.46. The van der Waals surface area contributed by atoms with Crippen LogP contribution in [0, 0.1) is 0 Å². The van der Waals surface area contributed by atoms with E-state index in [-0.39, 0.29) is 23.4 Å². The van der Waals surface area contributed by atoms with Gasteiger partial charge in [-0.25, -0.2) is 13.1 Å². The summed E-state index contributed by atoms with van der Waals surface area (Å²) in [4.78, 5) is 0.0487. The van der Waals surface area contributed by atoms with Crippen molar-refractivity contribution in [2.45, 2.75) is 17.0 Å². The fourth-order valence-electron chi connectivity index (χ4n) is 2.14. The minimum atomic E-state index is -3.75. The van der Waals surface area contributed by atoms with Crippen LogP contribution in [0.15, 0.2) is 23.1 Å². The molecule has 0 amide bonds. The van der Waals surface area contributed by atoms with Gasteiger partial charge in [-0.2, -0.15) is 0 Å². The molecule has 1 aromatic carbocycles. The molecule has 7 nitrogen and oxygen atoms in total. The van der Waals surface area contributed by atoms with E-state index in [9.17, 15) is 8.42 Å². The maximum Gasteiger partial charge on any atom is 0.244 e. The highest BCUT2D eigenvalue weighted by atomic mass is 32.2. The van der Waals surface area contributed by atoms with Gasteiger partial charge in [-0.05, 0) is 12.1 Å². The predicted molar refractivity (Wildman–Crippen MR) is 75.3 cm³/mol. The quantitative estimate of drug-likeness (QED) is 0.817. The summed E-state index contributed by atoms with van der Waals surface area (Å²) in [6.07, 6.45) is -0.302. The largest absolute Gasteiger partial charge is 0.497 e. The number of ether oxygens (including phenoxy) is 4. The zero-order chi connectivity index (χ0) is 15.5. The molecule has 0 radical (unpaired) electrons. The van der Waals surface area contributed by atoms with E-state index in [1.54, 1.807) is 6.07 Å². The lowest BCUT2D eigenvalue weighted by molar-refractivity contribution is 0.0761. The highest BCUT2D eigenvalue weighted by Crippen LogP contribution is 2.28. The van der Waals surface area contributed by atoms with Crippen LogP contribution in [0.3, 0.4) is 0 Å². The summed E-state index contributed by atoms with van der Waals surface area (Å²) < 4.78 is 48.2. The average molecular weight is 317 g/mol. The maximum absolute atomic E-state index is 12.5. The van der Waals surface area contributed by atoms with Crippen molar-refractivity contribution in [2.24, 2.45) is 0 Å². The average Bonchev–Trinajstić information content (AvgIpc) is 2.92. The van der Waals surface area contributed by atoms with Gasteiger partial charge in [-0.15, -0.1) is 0 Å². The van der Waals surface area contributed by atoms with Crippen LogP contribution < -0.4 is 14.2 Å². The summed E-state index contributed by atoms with van der Waals surface area (Å²) in [5, 5.41) is 0. The fourth-order valence-corrected chi connectivity index (χ4v) is 3.54. The second-order valence-corrected chi connectivity index (χ2v) is 6.24. The van der Waals surface area contributed by atoms with Crippen molar-refractivity contribution in [3.8, 4) is 11.5 Å². The smallest absolute Gasteiger partial charge is 0.244 e. The number of nitrogens with one attached hydrogen (secondary N) is 1. The molecule has 0 bridgehead atoms. The summed E-state index contributed by atoms with van der Waals surface area (Å²) in [6, 6.07) is 4.10. The fraction of sp³-hybridized carbons (Fsp3) is 0.538. The van der Waals surface area contributed by atoms with Crippen LogP contribution in [0.2, 0.25) is 0 Å². The van der Waals surface area contributed by atoms with Crippen LogP contribution in [0.4, 0.5) is 0 Å². The minimum absolute atomic E-state index is 0.0487. The summed E-state index contributed by atoms with van der Waals surface area (Å²) in [6.45, 7) is 0.639. The highest BCUT2D eigenvalue weighted by Gasteiger charge is 2.33. The summed E-state index contributed by atoms with van der Waals surface area (Å²) in [5.41, 5.74) is 0. The van der Waals surface area contributed by atoms with Crippen molar-refractivity contribution >= 4 is 10.0 Å². The SMILES string of the molecule is COc1ccc(S(=O)(=O)N[C@H]2COC[C@@H]2OC)c(OC)c1. The van der Waals surface area contributed by atoms with E-state index in [0.717, 1.165) is 0 Å². The van der Waals surface area contributed by atoms with E-state index in [2.05, 4.69) is 4.72 Å². The molecule has 1 fully saturated rings. The van der Waals surface area contributed by atoms with Gasteiger partial charge in [-0.3, -0.25) is 0 Å². The Morgan fingerprint density at radius 1 is 1.19 bits per heavy atom. The lowest BCUT2D eigenvalue weighted by Crippen LogP contribution is -2.43. The second-order valence-electron chi connectivity index (χ2n) is 4.56. The van der Waals surface area contributed by atoms with E-state index < -0.39 is 16.1 Å². The Morgan fingerprint density at radius 3 is 2.57 bits per heavy atom. The number of rotatable bonds is 6. The first-order valence-electron chi connectivity index (χ1n) is 6.36. The lowest BCUT2D eigenvalue weighted by Gasteiger charge is -2.18. The molecule has 1 aromatic rings. The standard InChI is InChI=1S/C13H19NO6S/c1-17-9-4-5-13(11(6-9)18-2)21(15,16)14-10-7-20-8-12(10)19-3/h4-6,10,12,14H,7-8H2,1-3H3/t10-,12-/m0/s1.